The summed E-state index contributed by atoms with van der Waals surface area (Å²) in [5.41, 5.74) is 2.34. The van der Waals surface area contributed by atoms with Crippen LogP contribution in [0.3, 0.4) is 0 Å². The van der Waals surface area contributed by atoms with Crippen LogP contribution >= 0.6 is 11.6 Å². The molecule has 0 spiro atoms. The number of rotatable bonds is 6. The third kappa shape index (κ3) is 4.48. The number of hydrogen-bond acceptors (Lipinski definition) is 2. The Hall–Kier alpha value is -2.07. The largest absolute Gasteiger partial charge is 0.496 e. The molecule has 0 fully saturated rings. The molecule has 2 aromatic carbocycles. The van der Waals surface area contributed by atoms with Crippen LogP contribution in [0.4, 0.5) is 4.39 Å². The van der Waals surface area contributed by atoms with E-state index >= 15 is 0 Å². The molecule has 0 aliphatic rings. The molecule has 0 unspecified atom stereocenters. The summed E-state index contributed by atoms with van der Waals surface area (Å²) in [7, 11) is 1.63. The number of aryl methyl sites for hydroxylation is 1. The highest BCUT2D eigenvalue weighted by Gasteiger charge is 2.15. The summed E-state index contributed by atoms with van der Waals surface area (Å²) in [5, 5.41) is 3.28. The monoisotopic (exact) mass is 349 g/mol. The molecule has 128 valence electrons. The molecule has 0 bridgehead atoms. The van der Waals surface area contributed by atoms with E-state index in [0.29, 0.717) is 10.6 Å². The number of carbonyl (C=O) groups excluding carboxylic acids is 1. The van der Waals surface area contributed by atoms with Crippen LogP contribution in [0.15, 0.2) is 36.4 Å². The van der Waals surface area contributed by atoms with Gasteiger partial charge in [0, 0.05) is 5.02 Å². The molecule has 5 heteroatoms. The maximum atomic E-state index is 13.8. The van der Waals surface area contributed by atoms with Gasteiger partial charge >= 0.3 is 0 Å². The molecule has 24 heavy (non-hydrogen) atoms. The van der Waals surface area contributed by atoms with Gasteiger partial charge in [0.2, 0.25) is 5.91 Å². The van der Waals surface area contributed by atoms with E-state index in [1.165, 1.54) is 12.1 Å². The van der Waals surface area contributed by atoms with Crippen molar-refractivity contribution in [3.05, 3.63) is 63.9 Å². The van der Waals surface area contributed by atoms with Crippen molar-refractivity contribution in [3.63, 3.8) is 0 Å². The number of methoxy groups -OCH3 is 1. The fraction of sp³-hybridized carbons (Fsp3) is 0.316. The first-order valence-electron chi connectivity index (χ1n) is 7.82. The Morgan fingerprint density at radius 3 is 2.62 bits per heavy atom. The molecule has 1 amide bonds. The zero-order valence-corrected chi connectivity index (χ0v) is 14.8. The topological polar surface area (TPSA) is 38.3 Å². The molecular formula is C19H21ClFNO2. The van der Waals surface area contributed by atoms with Gasteiger partial charge in [0.05, 0.1) is 19.6 Å². The van der Waals surface area contributed by atoms with Crippen LogP contribution in [0, 0.1) is 12.7 Å². The zero-order valence-electron chi connectivity index (χ0n) is 14.0. The Morgan fingerprint density at radius 1 is 1.29 bits per heavy atom. The Bertz CT molecular complexity index is 733. The van der Waals surface area contributed by atoms with Gasteiger partial charge in [0.15, 0.2) is 0 Å². The SMILES string of the molecule is CC[C@@H](NC(=O)Cc1ccc(Cl)cc1F)c1ccc(OC)c(C)c1. The van der Waals surface area contributed by atoms with Crippen LogP contribution in [0.25, 0.3) is 0 Å². The number of halogens is 2. The van der Waals surface area contributed by atoms with E-state index in [1.54, 1.807) is 13.2 Å². The molecule has 1 N–H and O–H groups in total. The highest BCUT2D eigenvalue weighted by molar-refractivity contribution is 6.30. The summed E-state index contributed by atoms with van der Waals surface area (Å²) in [4.78, 5) is 12.3. The van der Waals surface area contributed by atoms with E-state index in [9.17, 15) is 9.18 Å². The van der Waals surface area contributed by atoms with Crippen molar-refractivity contribution in [2.45, 2.75) is 32.7 Å². The molecular weight excluding hydrogens is 329 g/mol. The summed E-state index contributed by atoms with van der Waals surface area (Å²) >= 11 is 5.73. The lowest BCUT2D eigenvalue weighted by Gasteiger charge is -2.19. The Kier molecular flexibility index (Phi) is 6.21. The van der Waals surface area contributed by atoms with Crippen molar-refractivity contribution in [2.24, 2.45) is 0 Å². The van der Waals surface area contributed by atoms with E-state index in [0.717, 1.165) is 23.3 Å². The maximum absolute atomic E-state index is 13.8. The third-order valence-electron chi connectivity index (χ3n) is 3.93. The molecule has 2 aromatic rings. The normalized spacial score (nSPS) is 11.9. The quantitative estimate of drug-likeness (QED) is 0.827. The van der Waals surface area contributed by atoms with E-state index in [4.69, 9.17) is 16.3 Å². The van der Waals surface area contributed by atoms with Crippen LogP contribution in [0.2, 0.25) is 5.02 Å². The molecule has 0 saturated heterocycles. The van der Waals surface area contributed by atoms with E-state index in [1.807, 2.05) is 32.0 Å². The zero-order chi connectivity index (χ0) is 17.7. The minimum Gasteiger partial charge on any atom is -0.496 e. The van der Waals surface area contributed by atoms with Crippen molar-refractivity contribution < 1.29 is 13.9 Å². The van der Waals surface area contributed by atoms with Gasteiger partial charge in [-0.05, 0) is 48.2 Å². The second-order valence-electron chi connectivity index (χ2n) is 5.67. The number of ether oxygens (including phenoxy) is 1. The van der Waals surface area contributed by atoms with Crippen molar-refractivity contribution in [1.29, 1.82) is 0 Å². The summed E-state index contributed by atoms with van der Waals surface area (Å²) < 4.78 is 19.1. The first-order valence-corrected chi connectivity index (χ1v) is 8.20. The molecule has 0 aliphatic heterocycles. The average Bonchev–Trinajstić information content (AvgIpc) is 2.55. The van der Waals surface area contributed by atoms with Gasteiger partial charge in [-0.2, -0.15) is 0 Å². The molecule has 1 atom stereocenters. The van der Waals surface area contributed by atoms with Crippen LogP contribution < -0.4 is 10.1 Å². The van der Waals surface area contributed by atoms with E-state index < -0.39 is 5.82 Å². The third-order valence-corrected chi connectivity index (χ3v) is 4.17. The lowest BCUT2D eigenvalue weighted by molar-refractivity contribution is -0.121. The number of nitrogens with one attached hydrogen (secondary N) is 1. The van der Waals surface area contributed by atoms with Crippen LogP contribution in [-0.2, 0) is 11.2 Å². The predicted molar refractivity (Wildman–Crippen MR) is 94.0 cm³/mol. The van der Waals surface area contributed by atoms with Crippen LogP contribution in [0.5, 0.6) is 5.75 Å². The Labute approximate surface area is 146 Å². The van der Waals surface area contributed by atoms with Crippen LogP contribution in [0.1, 0.15) is 36.1 Å². The second kappa shape index (κ2) is 8.15. The van der Waals surface area contributed by atoms with Gasteiger partial charge in [-0.15, -0.1) is 0 Å². The number of amides is 1. The van der Waals surface area contributed by atoms with Gasteiger partial charge in [-0.3, -0.25) is 4.79 Å². The van der Waals surface area contributed by atoms with Crippen molar-refractivity contribution in [2.75, 3.05) is 7.11 Å². The molecule has 3 nitrogen and oxygen atoms in total. The Morgan fingerprint density at radius 2 is 2.04 bits per heavy atom. The summed E-state index contributed by atoms with van der Waals surface area (Å²) in [5.74, 6) is 0.116. The lowest BCUT2D eigenvalue weighted by atomic mass is 10.0. The van der Waals surface area contributed by atoms with Gasteiger partial charge < -0.3 is 10.1 Å². The van der Waals surface area contributed by atoms with Gasteiger partial charge in [-0.25, -0.2) is 4.39 Å². The van der Waals surface area contributed by atoms with Crippen molar-refractivity contribution in [1.82, 2.24) is 5.32 Å². The molecule has 0 aromatic heterocycles. The first-order chi connectivity index (χ1) is 11.4. The first kappa shape index (κ1) is 18.3. The van der Waals surface area contributed by atoms with E-state index in [2.05, 4.69) is 5.32 Å². The Balaban J connectivity index is 2.09. The highest BCUT2D eigenvalue weighted by atomic mass is 35.5. The van der Waals surface area contributed by atoms with Gasteiger partial charge in [0.1, 0.15) is 11.6 Å². The number of hydrogen-bond donors (Lipinski definition) is 1. The molecule has 2 rings (SSSR count). The van der Waals surface area contributed by atoms with Gasteiger partial charge in [-0.1, -0.05) is 36.7 Å². The van der Waals surface area contributed by atoms with Crippen molar-refractivity contribution >= 4 is 17.5 Å². The minimum atomic E-state index is -0.467. The molecule has 0 heterocycles. The predicted octanol–water partition coefficient (Wildman–Crippen LogP) is 4.61. The van der Waals surface area contributed by atoms with Crippen LogP contribution in [-0.4, -0.2) is 13.0 Å². The smallest absolute Gasteiger partial charge is 0.225 e. The fourth-order valence-electron chi connectivity index (χ4n) is 2.62. The fourth-order valence-corrected chi connectivity index (χ4v) is 2.78. The summed E-state index contributed by atoms with van der Waals surface area (Å²) in [6.07, 6.45) is 0.718. The molecule has 0 radical (unpaired) electrons. The highest BCUT2D eigenvalue weighted by Crippen LogP contribution is 2.24. The molecule has 0 aliphatic carbocycles. The summed E-state index contributed by atoms with van der Waals surface area (Å²) in [6.45, 7) is 3.95. The summed E-state index contributed by atoms with van der Waals surface area (Å²) in [6, 6.07) is 10.0. The molecule has 0 saturated carbocycles. The van der Waals surface area contributed by atoms with Crippen molar-refractivity contribution in [3.8, 4) is 5.75 Å². The standard InChI is InChI=1S/C19H21ClFNO2/c1-4-17(14-6-8-18(24-3)12(2)9-14)22-19(23)10-13-5-7-15(20)11-16(13)21/h5-9,11,17H,4,10H2,1-3H3,(H,22,23)/t17-/m1/s1. The van der Waals surface area contributed by atoms with E-state index in [-0.39, 0.29) is 18.4 Å². The average molecular weight is 350 g/mol. The lowest BCUT2D eigenvalue weighted by Crippen LogP contribution is -2.29. The minimum absolute atomic E-state index is 0.0192. The maximum Gasteiger partial charge on any atom is 0.225 e. The number of benzene rings is 2. The second-order valence-corrected chi connectivity index (χ2v) is 6.11. The van der Waals surface area contributed by atoms with Gasteiger partial charge in [0.25, 0.3) is 0 Å². The number of carbonyl (C=O) groups is 1.